The summed E-state index contributed by atoms with van der Waals surface area (Å²) in [7, 11) is -3.84. The highest BCUT2D eigenvalue weighted by Crippen LogP contribution is 2.36. The Balaban J connectivity index is 2.42. The summed E-state index contributed by atoms with van der Waals surface area (Å²) in [5.41, 5.74) is 4.77. The minimum absolute atomic E-state index is 0.00439. The van der Waals surface area contributed by atoms with Gasteiger partial charge in [-0.1, -0.05) is 12.1 Å². The van der Waals surface area contributed by atoms with Gasteiger partial charge < -0.3 is 5.73 Å². The third kappa shape index (κ3) is 3.53. The molecule has 0 bridgehead atoms. The van der Waals surface area contributed by atoms with E-state index in [1.165, 1.54) is 16.8 Å². The van der Waals surface area contributed by atoms with Gasteiger partial charge in [0.15, 0.2) is 5.65 Å². The number of fused-ring (bicyclic) bond motifs is 1. The first-order valence-corrected chi connectivity index (χ1v) is 10.0. The molecule has 3 rings (SSSR count). The summed E-state index contributed by atoms with van der Waals surface area (Å²) < 4.78 is 64.9. The molecule has 0 saturated heterocycles. The molecule has 1 aromatic carbocycles. The zero-order chi connectivity index (χ0) is 21.1. The molecular formula is C17H18F3N5O2S. The summed E-state index contributed by atoms with van der Waals surface area (Å²) in [6.07, 6.45) is -3.66. The number of benzene rings is 1. The molecule has 2 heterocycles. The maximum Gasteiger partial charge on any atom is 0.416 e. The van der Waals surface area contributed by atoms with Gasteiger partial charge in [0, 0.05) is 11.8 Å². The van der Waals surface area contributed by atoms with E-state index in [1.54, 1.807) is 0 Å². The molecule has 0 aliphatic carbocycles. The highest BCUT2D eigenvalue weighted by molar-refractivity contribution is 7.90. The van der Waals surface area contributed by atoms with Crippen LogP contribution in [0.15, 0.2) is 29.4 Å². The van der Waals surface area contributed by atoms with E-state index in [2.05, 4.69) is 15.1 Å². The second-order valence-electron chi connectivity index (χ2n) is 7.37. The average molecular weight is 413 g/mol. The predicted molar refractivity (Wildman–Crippen MR) is 98.3 cm³/mol. The Morgan fingerprint density at radius 1 is 1.11 bits per heavy atom. The smallest absolute Gasteiger partial charge is 0.383 e. The number of rotatable bonds is 2. The number of sulfone groups is 1. The molecule has 2 N–H and O–H groups in total. The molecule has 28 heavy (non-hydrogen) atoms. The van der Waals surface area contributed by atoms with E-state index in [1.807, 2.05) is 20.8 Å². The number of hydrogen-bond donors (Lipinski definition) is 1. The Morgan fingerprint density at radius 2 is 1.75 bits per heavy atom. The molecule has 0 unspecified atom stereocenters. The number of hydrogen-bond acceptors (Lipinski definition) is 6. The van der Waals surface area contributed by atoms with Crippen LogP contribution >= 0.6 is 0 Å². The zero-order valence-corrected chi connectivity index (χ0v) is 16.4. The SMILES string of the molecule is CC(C)(C)n1nc2nc(S(C)(=O)=O)nc(-c3cccc(C(F)(F)F)c3)c2c1N. The van der Waals surface area contributed by atoms with Gasteiger partial charge in [-0.2, -0.15) is 18.2 Å². The van der Waals surface area contributed by atoms with Gasteiger partial charge >= 0.3 is 6.18 Å². The van der Waals surface area contributed by atoms with E-state index < -0.39 is 32.3 Å². The van der Waals surface area contributed by atoms with Crippen molar-refractivity contribution in [3.8, 4) is 11.3 Å². The maximum absolute atomic E-state index is 13.1. The molecule has 0 spiro atoms. The minimum Gasteiger partial charge on any atom is -0.383 e. The van der Waals surface area contributed by atoms with E-state index in [9.17, 15) is 21.6 Å². The van der Waals surface area contributed by atoms with E-state index in [0.717, 1.165) is 18.4 Å². The molecule has 0 atom stereocenters. The molecule has 0 radical (unpaired) electrons. The first-order chi connectivity index (χ1) is 12.7. The van der Waals surface area contributed by atoms with Crippen LogP contribution in [0.4, 0.5) is 19.0 Å². The van der Waals surface area contributed by atoms with Crippen LogP contribution in [-0.2, 0) is 21.6 Å². The van der Waals surface area contributed by atoms with Gasteiger partial charge in [0.25, 0.3) is 0 Å². The van der Waals surface area contributed by atoms with Crippen LogP contribution in [0, 0.1) is 0 Å². The topological polar surface area (TPSA) is 104 Å². The Morgan fingerprint density at radius 3 is 2.29 bits per heavy atom. The second kappa shape index (κ2) is 6.16. The van der Waals surface area contributed by atoms with Crippen molar-refractivity contribution in [2.75, 3.05) is 12.0 Å². The summed E-state index contributed by atoms with van der Waals surface area (Å²) in [6.45, 7) is 5.47. The molecule has 7 nitrogen and oxygen atoms in total. The third-order valence-electron chi connectivity index (χ3n) is 3.98. The molecule has 11 heteroatoms. The average Bonchev–Trinajstić information content (AvgIpc) is 2.90. The zero-order valence-electron chi connectivity index (χ0n) is 15.5. The fourth-order valence-corrected chi connectivity index (χ4v) is 3.23. The Labute approximate surface area is 159 Å². The van der Waals surface area contributed by atoms with Crippen LogP contribution in [0.2, 0.25) is 0 Å². The lowest BCUT2D eigenvalue weighted by Gasteiger charge is -2.20. The molecule has 0 aliphatic heterocycles. The van der Waals surface area contributed by atoms with Gasteiger partial charge in [-0.3, -0.25) is 0 Å². The number of anilines is 1. The molecule has 0 saturated carbocycles. The number of nitrogens with two attached hydrogens (primary N) is 1. The van der Waals surface area contributed by atoms with Crippen molar-refractivity contribution < 1.29 is 21.6 Å². The number of nitrogen functional groups attached to an aromatic ring is 1. The first kappa shape index (κ1) is 20.1. The van der Waals surface area contributed by atoms with Crippen molar-refractivity contribution in [2.45, 2.75) is 37.6 Å². The quantitative estimate of drug-likeness (QED) is 0.647. The van der Waals surface area contributed by atoms with E-state index in [0.29, 0.717) is 0 Å². The fraction of sp³-hybridized carbons (Fsp3) is 0.353. The van der Waals surface area contributed by atoms with Crippen LogP contribution < -0.4 is 5.73 Å². The first-order valence-electron chi connectivity index (χ1n) is 8.14. The summed E-state index contributed by atoms with van der Waals surface area (Å²) in [4.78, 5) is 7.99. The van der Waals surface area contributed by atoms with Crippen molar-refractivity contribution in [2.24, 2.45) is 0 Å². The Hall–Kier alpha value is -2.69. The van der Waals surface area contributed by atoms with Crippen LogP contribution in [-0.4, -0.2) is 34.4 Å². The van der Waals surface area contributed by atoms with Gasteiger partial charge in [-0.25, -0.2) is 18.1 Å². The molecule has 0 aliphatic rings. The number of alkyl halides is 3. The molecule has 0 amide bonds. The minimum atomic E-state index is -4.57. The monoisotopic (exact) mass is 413 g/mol. The number of aromatic nitrogens is 4. The normalized spacial score (nSPS) is 13.2. The van der Waals surface area contributed by atoms with Gasteiger partial charge in [-0.05, 0) is 32.9 Å². The molecule has 0 fully saturated rings. The molecule has 3 aromatic rings. The van der Waals surface area contributed by atoms with E-state index >= 15 is 0 Å². The van der Waals surface area contributed by atoms with E-state index in [-0.39, 0.29) is 28.1 Å². The van der Waals surface area contributed by atoms with E-state index in [4.69, 9.17) is 5.73 Å². The Bertz CT molecular complexity index is 1180. The van der Waals surface area contributed by atoms with Crippen molar-refractivity contribution in [1.29, 1.82) is 0 Å². The van der Waals surface area contributed by atoms with Crippen LogP contribution in [0.3, 0.4) is 0 Å². The highest BCUT2D eigenvalue weighted by Gasteiger charge is 2.31. The summed E-state index contributed by atoms with van der Waals surface area (Å²) in [5, 5.41) is 3.93. The van der Waals surface area contributed by atoms with Crippen molar-refractivity contribution in [3.63, 3.8) is 0 Å². The highest BCUT2D eigenvalue weighted by atomic mass is 32.2. The second-order valence-corrected chi connectivity index (χ2v) is 9.28. The summed E-state index contributed by atoms with van der Waals surface area (Å²) in [6, 6.07) is 4.43. The molecular weight excluding hydrogens is 395 g/mol. The lowest BCUT2D eigenvalue weighted by atomic mass is 10.0. The van der Waals surface area contributed by atoms with Crippen LogP contribution in [0.1, 0.15) is 26.3 Å². The molecule has 150 valence electrons. The lowest BCUT2D eigenvalue weighted by molar-refractivity contribution is -0.137. The summed E-state index contributed by atoms with van der Waals surface area (Å²) >= 11 is 0. The van der Waals surface area contributed by atoms with Crippen molar-refractivity contribution >= 4 is 26.7 Å². The van der Waals surface area contributed by atoms with Gasteiger partial charge in [0.2, 0.25) is 15.0 Å². The number of nitrogens with zero attached hydrogens (tertiary/aromatic N) is 4. The molecule has 2 aromatic heterocycles. The number of halogens is 3. The third-order valence-corrected chi connectivity index (χ3v) is 4.82. The standard InChI is InChI=1S/C17H18F3N5O2S/c1-16(2,3)25-13(21)11-12(9-6-5-7-10(8-9)17(18,19)20)22-15(28(4,26)27)23-14(11)24-25/h5-8H,21H2,1-4H3. The van der Waals surface area contributed by atoms with Gasteiger partial charge in [0.1, 0.15) is 5.82 Å². The van der Waals surface area contributed by atoms with Crippen molar-refractivity contribution in [3.05, 3.63) is 29.8 Å². The van der Waals surface area contributed by atoms with Gasteiger partial charge in [-0.15, -0.1) is 5.10 Å². The maximum atomic E-state index is 13.1. The largest absolute Gasteiger partial charge is 0.416 e. The predicted octanol–water partition coefficient (Wildman–Crippen LogP) is 3.25. The lowest BCUT2D eigenvalue weighted by Crippen LogP contribution is -2.24. The Kier molecular flexibility index (Phi) is 4.41. The van der Waals surface area contributed by atoms with Crippen molar-refractivity contribution in [1.82, 2.24) is 19.7 Å². The van der Waals surface area contributed by atoms with Crippen LogP contribution in [0.5, 0.6) is 0 Å². The summed E-state index contributed by atoms with van der Waals surface area (Å²) in [5.74, 6) is 0.134. The van der Waals surface area contributed by atoms with Gasteiger partial charge in [0.05, 0.1) is 22.2 Å². The van der Waals surface area contributed by atoms with Crippen LogP contribution in [0.25, 0.3) is 22.3 Å². The fourth-order valence-electron chi connectivity index (χ4n) is 2.72.